The predicted octanol–water partition coefficient (Wildman–Crippen LogP) is 9.74. The number of rotatable bonds is 16. The lowest BCUT2D eigenvalue weighted by molar-refractivity contribution is -0.172. The van der Waals surface area contributed by atoms with Gasteiger partial charge < -0.3 is 24.4 Å². The second-order valence-electron chi connectivity index (χ2n) is 10.4. The first-order chi connectivity index (χ1) is 20.8. The average molecular weight is 619 g/mol. The minimum Gasteiger partial charge on any atom is -0.508 e. The summed E-state index contributed by atoms with van der Waals surface area (Å²) in [5, 5.41) is 20.3. The van der Waals surface area contributed by atoms with Crippen LogP contribution in [0.25, 0.3) is 0 Å². The summed E-state index contributed by atoms with van der Waals surface area (Å²) < 4.78 is 17.8. The van der Waals surface area contributed by atoms with E-state index in [0.717, 1.165) is 49.3 Å². The maximum absolute atomic E-state index is 10.7. The molecule has 0 aromatic heterocycles. The molecule has 2 N–H and O–H groups in total. The summed E-state index contributed by atoms with van der Waals surface area (Å²) in [6.07, 6.45) is 3.03. The van der Waals surface area contributed by atoms with E-state index in [0.29, 0.717) is 12.8 Å². The van der Waals surface area contributed by atoms with Crippen LogP contribution in [-0.2, 0) is 20.7 Å². The molecule has 0 atom stereocenters. The highest BCUT2D eigenvalue weighted by Gasteiger charge is 2.29. The lowest BCUT2D eigenvalue weighted by Crippen LogP contribution is -2.29. The van der Waals surface area contributed by atoms with Crippen molar-refractivity contribution in [1.29, 1.82) is 0 Å². The van der Waals surface area contributed by atoms with Gasteiger partial charge in [-0.3, -0.25) is 0 Å². The average Bonchev–Trinajstić information content (AvgIpc) is 3.05. The van der Waals surface area contributed by atoms with Gasteiger partial charge in [-0.1, -0.05) is 75.5 Å². The molecule has 0 bridgehead atoms. The number of hydrogen-bond acceptors (Lipinski definition) is 7. The Morgan fingerprint density at radius 3 is 1.47 bits per heavy atom. The Hall–Kier alpha value is -2.94. The number of aliphatic hydroxyl groups is 1. The van der Waals surface area contributed by atoms with Gasteiger partial charge in [-0.05, 0) is 110 Å². The van der Waals surface area contributed by atoms with E-state index in [1.54, 1.807) is 35.7 Å². The van der Waals surface area contributed by atoms with Gasteiger partial charge in [-0.15, -0.1) is 0 Å². The fourth-order valence-corrected chi connectivity index (χ4v) is 6.59. The van der Waals surface area contributed by atoms with Crippen molar-refractivity contribution in [2.45, 2.75) is 84.2 Å². The van der Waals surface area contributed by atoms with E-state index >= 15 is 0 Å². The van der Waals surface area contributed by atoms with Crippen LogP contribution in [0.4, 0.5) is 0 Å². The van der Waals surface area contributed by atoms with Crippen LogP contribution < -0.4 is 4.74 Å². The number of phenols is 1. The standard InChI is InChI=1S/C36H42O5S2/c1-5-35(38,6-2)27-9-17-31(18-10-27)43-34-23-15-30(16-24-34)40-25-39-26-41-36(7-3,8-4)28-11-19-32(20-12-28)42-33-21-13-29(37)14-22-33/h9-24,37-38H,5-8,25-26H2,1-4H3. The van der Waals surface area contributed by atoms with Crippen LogP contribution >= 0.6 is 23.5 Å². The number of benzene rings is 4. The maximum atomic E-state index is 10.7. The van der Waals surface area contributed by atoms with Crippen LogP contribution in [0.2, 0.25) is 0 Å². The number of hydrogen-bond donors (Lipinski definition) is 2. The number of aromatic hydroxyl groups is 1. The van der Waals surface area contributed by atoms with E-state index in [9.17, 15) is 10.2 Å². The molecule has 4 rings (SSSR count). The van der Waals surface area contributed by atoms with Crippen molar-refractivity contribution in [3.05, 3.63) is 108 Å². The van der Waals surface area contributed by atoms with Gasteiger partial charge in [0.05, 0.1) is 11.2 Å². The Bertz CT molecular complexity index is 1380. The van der Waals surface area contributed by atoms with Gasteiger partial charge >= 0.3 is 0 Å². The lowest BCUT2D eigenvalue weighted by Gasteiger charge is -2.32. The first-order valence-electron chi connectivity index (χ1n) is 14.9. The molecule has 228 valence electrons. The van der Waals surface area contributed by atoms with E-state index in [-0.39, 0.29) is 19.3 Å². The minimum absolute atomic E-state index is 0.0947. The van der Waals surface area contributed by atoms with E-state index in [4.69, 9.17) is 14.2 Å². The Kier molecular flexibility index (Phi) is 12.0. The molecule has 0 aliphatic heterocycles. The second kappa shape index (κ2) is 15.7. The van der Waals surface area contributed by atoms with Crippen LogP contribution in [0.3, 0.4) is 0 Å². The smallest absolute Gasteiger partial charge is 0.191 e. The van der Waals surface area contributed by atoms with Crippen LogP contribution in [-0.4, -0.2) is 23.8 Å². The van der Waals surface area contributed by atoms with Gasteiger partial charge in [0.2, 0.25) is 0 Å². The van der Waals surface area contributed by atoms with Crippen molar-refractivity contribution in [2.75, 3.05) is 13.6 Å². The van der Waals surface area contributed by atoms with Crippen molar-refractivity contribution in [1.82, 2.24) is 0 Å². The lowest BCUT2D eigenvalue weighted by atomic mass is 9.88. The molecule has 0 saturated carbocycles. The van der Waals surface area contributed by atoms with Gasteiger partial charge in [-0.25, -0.2) is 0 Å². The van der Waals surface area contributed by atoms with Crippen molar-refractivity contribution >= 4 is 23.5 Å². The first-order valence-corrected chi connectivity index (χ1v) is 16.5. The third-order valence-corrected chi connectivity index (χ3v) is 9.97. The first kappa shape index (κ1) is 33.0. The van der Waals surface area contributed by atoms with Crippen LogP contribution in [0.15, 0.2) is 117 Å². The molecule has 0 unspecified atom stereocenters. The Labute approximate surface area is 264 Å². The summed E-state index contributed by atoms with van der Waals surface area (Å²) in [7, 11) is 0. The monoisotopic (exact) mass is 618 g/mol. The summed E-state index contributed by atoms with van der Waals surface area (Å²) in [6.45, 7) is 8.50. The zero-order valence-electron chi connectivity index (χ0n) is 25.4. The summed E-state index contributed by atoms with van der Waals surface area (Å²) in [4.78, 5) is 4.42. The van der Waals surface area contributed by atoms with E-state index in [1.165, 1.54) is 0 Å². The summed E-state index contributed by atoms with van der Waals surface area (Å²) in [6, 6.07) is 31.8. The number of ether oxygens (including phenoxy) is 3. The maximum Gasteiger partial charge on any atom is 0.191 e. The second-order valence-corrected chi connectivity index (χ2v) is 12.7. The highest BCUT2D eigenvalue weighted by molar-refractivity contribution is 7.99. The molecule has 0 amide bonds. The van der Waals surface area contributed by atoms with E-state index in [1.807, 2.05) is 62.4 Å². The Morgan fingerprint density at radius 2 is 1.00 bits per heavy atom. The van der Waals surface area contributed by atoms with Crippen molar-refractivity contribution in [2.24, 2.45) is 0 Å². The van der Waals surface area contributed by atoms with E-state index in [2.05, 4.69) is 50.2 Å². The zero-order chi connectivity index (χ0) is 30.7. The van der Waals surface area contributed by atoms with Crippen molar-refractivity contribution in [3.63, 3.8) is 0 Å². The fourth-order valence-electron chi connectivity index (χ4n) is 4.95. The molecule has 4 aromatic rings. The van der Waals surface area contributed by atoms with Gasteiger partial charge in [0.15, 0.2) is 13.6 Å². The van der Waals surface area contributed by atoms with Crippen LogP contribution in [0.5, 0.6) is 11.5 Å². The Balaban J connectivity index is 1.24. The largest absolute Gasteiger partial charge is 0.508 e. The Morgan fingerprint density at radius 1 is 0.558 bits per heavy atom. The molecule has 0 aliphatic rings. The molecule has 0 spiro atoms. The predicted molar refractivity (Wildman–Crippen MR) is 175 cm³/mol. The highest BCUT2D eigenvalue weighted by Crippen LogP contribution is 2.36. The van der Waals surface area contributed by atoms with Crippen LogP contribution in [0, 0.1) is 0 Å². The van der Waals surface area contributed by atoms with Gasteiger partial charge in [0, 0.05) is 19.6 Å². The number of phenolic OH excluding ortho intramolecular Hbond substituents is 1. The van der Waals surface area contributed by atoms with Gasteiger partial charge in [-0.2, -0.15) is 0 Å². The fraction of sp³-hybridized carbons (Fsp3) is 0.333. The molecule has 7 heteroatoms. The molecule has 0 fully saturated rings. The molecule has 5 nitrogen and oxygen atoms in total. The molecule has 43 heavy (non-hydrogen) atoms. The van der Waals surface area contributed by atoms with Crippen molar-refractivity contribution in [3.8, 4) is 11.5 Å². The minimum atomic E-state index is -0.759. The van der Waals surface area contributed by atoms with Crippen LogP contribution in [0.1, 0.15) is 64.5 Å². The third-order valence-electron chi connectivity index (χ3n) is 7.94. The normalized spacial score (nSPS) is 11.9. The highest BCUT2D eigenvalue weighted by atomic mass is 32.2. The zero-order valence-corrected chi connectivity index (χ0v) is 27.0. The van der Waals surface area contributed by atoms with Gasteiger partial charge in [0.1, 0.15) is 11.5 Å². The summed E-state index contributed by atoms with van der Waals surface area (Å²) >= 11 is 3.33. The molecular formula is C36H42O5S2. The van der Waals surface area contributed by atoms with Gasteiger partial charge in [0.25, 0.3) is 0 Å². The molecule has 4 aromatic carbocycles. The van der Waals surface area contributed by atoms with Crippen molar-refractivity contribution < 1.29 is 24.4 Å². The molecular weight excluding hydrogens is 577 g/mol. The molecule has 0 radical (unpaired) electrons. The molecule has 0 saturated heterocycles. The third kappa shape index (κ3) is 8.80. The summed E-state index contributed by atoms with van der Waals surface area (Å²) in [5.41, 5.74) is 0.880. The topological polar surface area (TPSA) is 68.2 Å². The molecule has 0 aliphatic carbocycles. The summed E-state index contributed by atoms with van der Waals surface area (Å²) in [5.74, 6) is 1.000. The SMILES string of the molecule is CCC(O)(CC)c1ccc(Sc2ccc(OCOCOC(CC)(CC)c3ccc(Sc4ccc(O)cc4)cc3)cc2)cc1. The van der Waals surface area contributed by atoms with E-state index < -0.39 is 11.2 Å². The quantitative estimate of drug-likeness (QED) is 0.0957. The molecule has 0 heterocycles.